The number of rotatable bonds is 8. The van der Waals surface area contributed by atoms with Crippen LogP contribution in [0.3, 0.4) is 0 Å². The SMILES string of the molecule is CCCCc1ccc(NC(=O)CN2CC(c3nc(-c4ncccn4)no3)C2)cc1. The zero-order valence-electron chi connectivity index (χ0n) is 16.4. The van der Waals surface area contributed by atoms with E-state index in [1.165, 1.54) is 18.4 Å². The molecule has 4 rings (SSSR count). The Kier molecular flexibility index (Phi) is 5.90. The summed E-state index contributed by atoms with van der Waals surface area (Å²) in [6.45, 7) is 3.95. The maximum absolute atomic E-state index is 12.3. The first-order valence-corrected chi connectivity index (χ1v) is 9.93. The molecule has 1 aliphatic rings. The monoisotopic (exact) mass is 392 g/mol. The summed E-state index contributed by atoms with van der Waals surface area (Å²) in [6.07, 6.45) is 6.72. The van der Waals surface area contributed by atoms with Crippen molar-refractivity contribution in [1.82, 2.24) is 25.0 Å². The lowest BCUT2D eigenvalue weighted by Gasteiger charge is -2.36. The second kappa shape index (κ2) is 8.91. The predicted molar refractivity (Wildman–Crippen MR) is 108 cm³/mol. The molecule has 1 aromatic carbocycles. The molecule has 0 aliphatic carbocycles. The molecule has 0 radical (unpaired) electrons. The highest BCUT2D eigenvalue weighted by Crippen LogP contribution is 2.26. The topological polar surface area (TPSA) is 97.0 Å². The third-order valence-corrected chi connectivity index (χ3v) is 4.94. The highest BCUT2D eigenvalue weighted by Gasteiger charge is 2.33. The molecule has 2 aromatic heterocycles. The number of likely N-dealkylation sites (tertiary alicyclic amines) is 1. The molecule has 1 saturated heterocycles. The van der Waals surface area contributed by atoms with Crippen LogP contribution in [0.25, 0.3) is 11.6 Å². The molecule has 0 atom stereocenters. The van der Waals surface area contributed by atoms with Gasteiger partial charge in [-0.3, -0.25) is 9.69 Å². The van der Waals surface area contributed by atoms with Crippen LogP contribution >= 0.6 is 0 Å². The number of nitrogens with zero attached hydrogens (tertiary/aromatic N) is 5. The minimum Gasteiger partial charge on any atom is -0.338 e. The Morgan fingerprint density at radius 2 is 1.93 bits per heavy atom. The Morgan fingerprint density at radius 1 is 1.17 bits per heavy atom. The van der Waals surface area contributed by atoms with E-state index in [4.69, 9.17) is 4.52 Å². The van der Waals surface area contributed by atoms with Gasteiger partial charge in [0.15, 0.2) is 0 Å². The lowest BCUT2D eigenvalue weighted by Crippen LogP contribution is -2.48. The van der Waals surface area contributed by atoms with Crippen LogP contribution in [-0.2, 0) is 11.2 Å². The summed E-state index contributed by atoms with van der Waals surface area (Å²) >= 11 is 0. The van der Waals surface area contributed by atoms with E-state index in [0.29, 0.717) is 37.2 Å². The Morgan fingerprint density at radius 3 is 2.66 bits per heavy atom. The van der Waals surface area contributed by atoms with E-state index >= 15 is 0 Å². The smallest absolute Gasteiger partial charge is 0.240 e. The van der Waals surface area contributed by atoms with E-state index in [9.17, 15) is 4.79 Å². The van der Waals surface area contributed by atoms with Crippen molar-refractivity contribution in [3.63, 3.8) is 0 Å². The van der Waals surface area contributed by atoms with Crippen molar-refractivity contribution < 1.29 is 9.32 Å². The number of unbranched alkanes of at least 4 members (excludes halogenated alkanes) is 1. The summed E-state index contributed by atoms with van der Waals surface area (Å²) < 4.78 is 5.34. The molecule has 0 unspecified atom stereocenters. The van der Waals surface area contributed by atoms with Crippen LogP contribution < -0.4 is 5.32 Å². The van der Waals surface area contributed by atoms with E-state index in [0.717, 1.165) is 12.1 Å². The van der Waals surface area contributed by atoms with E-state index in [-0.39, 0.29) is 11.8 Å². The Bertz CT molecular complexity index is 935. The van der Waals surface area contributed by atoms with Gasteiger partial charge in [0, 0.05) is 31.2 Å². The quantitative estimate of drug-likeness (QED) is 0.629. The second-order valence-corrected chi connectivity index (χ2v) is 7.27. The van der Waals surface area contributed by atoms with Crippen LogP contribution in [0.1, 0.15) is 37.1 Å². The first-order chi connectivity index (χ1) is 14.2. The van der Waals surface area contributed by atoms with Crippen LogP contribution in [0, 0.1) is 0 Å². The van der Waals surface area contributed by atoms with Crippen LogP contribution in [0.2, 0.25) is 0 Å². The molecular formula is C21H24N6O2. The second-order valence-electron chi connectivity index (χ2n) is 7.27. The number of hydrogen-bond acceptors (Lipinski definition) is 7. The molecule has 8 nitrogen and oxygen atoms in total. The van der Waals surface area contributed by atoms with Crippen LogP contribution in [-0.4, -0.2) is 50.5 Å². The summed E-state index contributed by atoms with van der Waals surface area (Å²) in [5.41, 5.74) is 2.13. The highest BCUT2D eigenvalue weighted by atomic mass is 16.5. The van der Waals surface area contributed by atoms with Crippen LogP contribution in [0.5, 0.6) is 0 Å². The predicted octanol–water partition coefficient (Wildman–Crippen LogP) is 2.91. The van der Waals surface area contributed by atoms with Gasteiger partial charge in [0.1, 0.15) is 0 Å². The molecule has 1 amide bonds. The first-order valence-electron chi connectivity index (χ1n) is 9.93. The van der Waals surface area contributed by atoms with Gasteiger partial charge in [0.25, 0.3) is 0 Å². The van der Waals surface area contributed by atoms with Gasteiger partial charge in [-0.25, -0.2) is 9.97 Å². The van der Waals surface area contributed by atoms with Crippen molar-refractivity contribution in [3.8, 4) is 11.6 Å². The van der Waals surface area contributed by atoms with E-state index in [1.807, 2.05) is 12.1 Å². The van der Waals surface area contributed by atoms with Crippen molar-refractivity contribution >= 4 is 11.6 Å². The Balaban J connectivity index is 1.23. The molecule has 0 saturated carbocycles. The van der Waals surface area contributed by atoms with Crippen LogP contribution in [0.15, 0.2) is 47.2 Å². The van der Waals surface area contributed by atoms with Crippen LogP contribution in [0.4, 0.5) is 5.69 Å². The first kappa shape index (κ1) is 19.2. The molecule has 0 bridgehead atoms. The Hall–Kier alpha value is -3.13. The third-order valence-electron chi connectivity index (χ3n) is 4.94. The maximum atomic E-state index is 12.3. The highest BCUT2D eigenvalue weighted by molar-refractivity contribution is 5.92. The average molecular weight is 392 g/mol. The van der Waals surface area contributed by atoms with Crippen molar-refractivity contribution in [2.24, 2.45) is 0 Å². The lowest BCUT2D eigenvalue weighted by atomic mass is 10.0. The summed E-state index contributed by atoms with van der Waals surface area (Å²) in [7, 11) is 0. The minimum absolute atomic E-state index is 0.0198. The number of carbonyl (C=O) groups excluding carboxylic acids is 1. The number of hydrogen-bond donors (Lipinski definition) is 1. The number of aryl methyl sites for hydroxylation is 1. The number of benzene rings is 1. The Labute approximate surface area is 169 Å². The zero-order valence-corrected chi connectivity index (χ0v) is 16.4. The average Bonchev–Trinajstić information content (AvgIpc) is 3.20. The van der Waals surface area contributed by atoms with E-state index in [1.54, 1.807) is 18.5 Å². The molecular weight excluding hydrogens is 368 g/mol. The number of anilines is 1. The molecule has 1 fully saturated rings. The molecule has 3 aromatic rings. The number of carbonyl (C=O) groups is 1. The van der Waals surface area contributed by atoms with Gasteiger partial charge in [0.2, 0.25) is 23.4 Å². The summed E-state index contributed by atoms with van der Waals surface area (Å²) in [5.74, 6) is 1.50. The fourth-order valence-corrected chi connectivity index (χ4v) is 3.30. The summed E-state index contributed by atoms with van der Waals surface area (Å²) in [5, 5.41) is 6.90. The fourth-order valence-electron chi connectivity index (χ4n) is 3.30. The molecule has 1 N–H and O–H groups in total. The number of amides is 1. The standard InChI is InChI=1S/C21H24N6O2/c1-2-3-5-15-6-8-17(9-7-15)24-18(28)14-27-12-16(13-27)21-25-20(26-29-21)19-22-10-4-11-23-19/h4,6-11,16H,2-3,5,12-14H2,1H3,(H,24,28). The minimum atomic E-state index is -0.0198. The molecule has 8 heteroatoms. The van der Waals surface area contributed by atoms with Gasteiger partial charge in [-0.05, 0) is 36.6 Å². The summed E-state index contributed by atoms with van der Waals surface area (Å²) in [4.78, 5) is 27.0. The van der Waals surface area contributed by atoms with Crippen molar-refractivity contribution in [1.29, 1.82) is 0 Å². The lowest BCUT2D eigenvalue weighted by molar-refractivity contribution is -0.118. The molecule has 1 aliphatic heterocycles. The summed E-state index contributed by atoms with van der Waals surface area (Å²) in [6, 6.07) is 9.82. The number of aromatic nitrogens is 4. The zero-order chi connectivity index (χ0) is 20.1. The van der Waals surface area contributed by atoms with E-state index < -0.39 is 0 Å². The van der Waals surface area contributed by atoms with Gasteiger partial charge in [0.05, 0.1) is 12.5 Å². The van der Waals surface area contributed by atoms with Gasteiger partial charge in [-0.2, -0.15) is 4.98 Å². The van der Waals surface area contributed by atoms with Crippen molar-refractivity contribution in [3.05, 3.63) is 54.2 Å². The van der Waals surface area contributed by atoms with Crippen molar-refractivity contribution in [2.45, 2.75) is 32.1 Å². The van der Waals surface area contributed by atoms with Gasteiger partial charge in [-0.1, -0.05) is 30.6 Å². The molecule has 150 valence electrons. The number of nitrogens with one attached hydrogen (secondary N) is 1. The third kappa shape index (κ3) is 4.83. The van der Waals surface area contributed by atoms with Gasteiger partial charge >= 0.3 is 0 Å². The van der Waals surface area contributed by atoms with Gasteiger partial charge < -0.3 is 9.84 Å². The fraction of sp³-hybridized carbons (Fsp3) is 0.381. The largest absolute Gasteiger partial charge is 0.338 e. The van der Waals surface area contributed by atoms with E-state index in [2.05, 4.69) is 49.4 Å². The van der Waals surface area contributed by atoms with Crippen molar-refractivity contribution in [2.75, 3.05) is 25.0 Å². The maximum Gasteiger partial charge on any atom is 0.240 e. The van der Waals surface area contributed by atoms with Gasteiger partial charge in [-0.15, -0.1) is 0 Å². The normalized spacial score (nSPS) is 14.5. The molecule has 29 heavy (non-hydrogen) atoms. The molecule has 0 spiro atoms. The molecule has 3 heterocycles.